The summed E-state index contributed by atoms with van der Waals surface area (Å²) in [5.41, 5.74) is 0. The number of phenolic OH excluding ortho intramolecular Hbond substituents is 2. The lowest BCUT2D eigenvalue weighted by atomic mass is 10.3. The van der Waals surface area contributed by atoms with Crippen LogP contribution in [0.2, 0.25) is 0 Å². The first-order valence-corrected chi connectivity index (χ1v) is 6.25. The summed E-state index contributed by atoms with van der Waals surface area (Å²) in [5, 5.41) is 33.1. The second kappa shape index (κ2) is 13.2. The highest BCUT2D eigenvalue weighted by atomic mass is 16.4. The van der Waals surface area contributed by atoms with Crippen LogP contribution in [0.3, 0.4) is 0 Å². The van der Waals surface area contributed by atoms with E-state index in [2.05, 4.69) is 0 Å². The predicted octanol–water partition coefficient (Wildman–Crippen LogP) is 2.84. The van der Waals surface area contributed by atoms with E-state index in [-0.39, 0.29) is 11.5 Å². The van der Waals surface area contributed by atoms with Crippen molar-refractivity contribution < 1.29 is 30.0 Å². The third-order valence-corrected chi connectivity index (χ3v) is 1.78. The van der Waals surface area contributed by atoms with Gasteiger partial charge in [-0.25, -0.2) is 0 Å². The second-order valence-corrected chi connectivity index (χ2v) is 3.80. The molecule has 0 aliphatic heterocycles. The van der Waals surface area contributed by atoms with Crippen molar-refractivity contribution in [2.75, 3.05) is 0 Å². The van der Waals surface area contributed by atoms with Gasteiger partial charge in [-0.05, 0) is 37.1 Å². The van der Waals surface area contributed by atoms with Crippen LogP contribution < -0.4 is 0 Å². The molecule has 1 aromatic carbocycles. The normalized spacial score (nSPS) is 8.50. The van der Waals surface area contributed by atoms with E-state index in [9.17, 15) is 9.59 Å². The van der Waals surface area contributed by atoms with E-state index in [0.717, 1.165) is 12.8 Å². The van der Waals surface area contributed by atoms with Crippen molar-refractivity contribution in [3.05, 3.63) is 24.3 Å². The summed E-state index contributed by atoms with van der Waals surface area (Å²) in [5.74, 6) is -1.08. The zero-order valence-electron chi connectivity index (χ0n) is 11.7. The molecular formula is C14H22O6. The van der Waals surface area contributed by atoms with Gasteiger partial charge >= 0.3 is 11.9 Å². The van der Waals surface area contributed by atoms with Gasteiger partial charge in [-0.3, -0.25) is 9.59 Å². The maximum atomic E-state index is 9.60. The maximum absolute atomic E-state index is 9.60. The third kappa shape index (κ3) is 18.1. The van der Waals surface area contributed by atoms with Gasteiger partial charge in [0.05, 0.1) is 0 Å². The molecule has 0 aliphatic rings. The Kier molecular flexibility index (Phi) is 13.3. The van der Waals surface area contributed by atoms with Crippen molar-refractivity contribution in [2.45, 2.75) is 39.5 Å². The van der Waals surface area contributed by atoms with Crippen LogP contribution in [0.4, 0.5) is 0 Å². The summed E-state index contributed by atoms with van der Waals surface area (Å²) in [4.78, 5) is 19.2. The van der Waals surface area contributed by atoms with Crippen LogP contribution >= 0.6 is 0 Å². The molecule has 20 heavy (non-hydrogen) atoms. The molecular weight excluding hydrogens is 264 g/mol. The van der Waals surface area contributed by atoms with Gasteiger partial charge in [-0.2, -0.15) is 0 Å². The number of carboxylic acid groups (broad SMARTS) is 2. The molecule has 0 amide bonds. The zero-order chi connectivity index (χ0) is 16.0. The molecule has 0 atom stereocenters. The lowest BCUT2D eigenvalue weighted by Gasteiger charge is -1.88. The van der Waals surface area contributed by atoms with Crippen LogP contribution in [0.25, 0.3) is 0 Å². The molecule has 0 saturated heterocycles. The molecule has 0 heterocycles. The number of carboxylic acids is 2. The first-order valence-electron chi connectivity index (χ1n) is 6.25. The van der Waals surface area contributed by atoms with Gasteiger partial charge in [0, 0.05) is 12.8 Å². The number of hydrogen-bond donors (Lipinski definition) is 4. The van der Waals surface area contributed by atoms with E-state index in [1.165, 1.54) is 24.3 Å². The number of hydrogen-bond acceptors (Lipinski definition) is 4. The lowest BCUT2D eigenvalue weighted by Crippen LogP contribution is -1.90. The van der Waals surface area contributed by atoms with Gasteiger partial charge in [-0.15, -0.1) is 0 Å². The summed E-state index contributed by atoms with van der Waals surface area (Å²) in [6.07, 6.45) is 2.05. The minimum absolute atomic E-state index is 0.169. The number of aliphatic carboxylic acids is 2. The van der Waals surface area contributed by atoms with Gasteiger partial charge in [-0.1, -0.05) is 13.8 Å². The van der Waals surface area contributed by atoms with Crippen LogP contribution in [0.15, 0.2) is 24.3 Å². The number of rotatable bonds is 4. The molecule has 114 valence electrons. The van der Waals surface area contributed by atoms with E-state index in [1.54, 1.807) is 0 Å². The van der Waals surface area contributed by atoms with Crippen molar-refractivity contribution in [3.8, 4) is 11.5 Å². The number of phenols is 2. The smallest absolute Gasteiger partial charge is 0.303 e. The number of carbonyl (C=O) groups is 2. The van der Waals surface area contributed by atoms with Gasteiger partial charge in [0.2, 0.25) is 0 Å². The highest BCUT2D eigenvalue weighted by Crippen LogP contribution is 2.13. The summed E-state index contributed by atoms with van der Waals surface area (Å²) in [6, 6.07) is 5.70. The van der Waals surface area contributed by atoms with Crippen LogP contribution in [-0.2, 0) is 9.59 Å². The standard InChI is InChI=1S/C6H6O2.2C4H8O2/c7-5-1-2-6(8)4-3-5;2*1-2-3-4(5)6/h1-4,7-8H;2*2-3H2,1H3,(H,5,6). The van der Waals surface area contributed by atoms with Gasteiger partial charge in [0.25, 0.3) is 0 Å². The Labute approximate surface area is 118 Å². The Morgan fingerprint density at radius 3 is 1.15 bits per heavy atom. The van der Waals surface area contributed by atoms with E-state index in [4.69, 9.17) is 20.4 Å². The lowest BCUT2D eigenvalue weighted by molar-refractivity contribution is -0.138. The fraction of sp³-hybridized carbons (Fsp3) is 0.429. The molecule has 0 radical (unpaired) electrons. The summed E-state index contributed by atoms with van der Waals surface area (Å²) >= 11 is 0. The number of aromatic hydroxyl groups is 2. The monoisotopic (exact) mass is 286 g/mol. The topological polar surface area (TPSA) is 115 Å². The fourth-order valence-electron chi connectivity index (χ4n) is 0.880. The van der Waals surface area contributed by atoms with Crippen LogP contribution in [-0.4, -0.2) is 32.4 Å². The van der Waals surface area contributed by atoms with Gasteiger partial charge in [0.1, 0.15) is 11.5 Å². The molecule has 0 fully saturated rings. The molecule has 6 heteroatoms. The van der Waals surface area contributed by atoms with Gasteiger partial charge < -0.3 is 20.4 Å². The molecule has 0 bridgehead atoms. The predicted molar refractivity (Wildman–Crippen MR) is 74.9 cm³/mol. The highest BCUT2D eigenvalue weighted by Gasteiger charge is 1.88. The van der Waals surface area contributed by atoms with Crippen molar-refractivity contribution in [1.29, 1.82) is 0 Å². The van der Waals surface area contributed by atoms with E-state index in [0.29, 0.717) is 12.8 Å². The SMILES string of the molecule is CCCC(=O)O.CCCC(=O)O.Oc1ccc(O)cc1. The second-order valence-electron chi connectivity index (χ2n) is 3.80. The van der Waals surface area contributed by atoms with Crippen LogP contribution in [0.1, 0.15) is 39.5 Å². The largest absolute Gasteiger partial charge is 0.508 e. The Balaban J connectivity index is 0. The van der Waals surface area contributed by atoms with Crippen LogP contribution in [0.5, 0.6) is 11.5 Å². The van der Waals surface area contributed by atoms with Crippen molar-refractivity contribution in [1.82, 2.24) is 0 Å². The minimum atomic E-state index is -0.711. The van der Waals surface area contributed by atoms with Gasteiger partial charge in [0.15, 0.2) is 0 Å². The average Bonchev–Trinajstić information content (AvgIpc) is 2.34. The third-order valence-electron chi connectivity index (χ3n) is 1.78. The zero-order valence-corrected chi connectivity index (χ0v) is 11.7. The average molecular weight is 286 g/mol. The van der Waals surface area contributed by atoms with Crippen LogP contribution in [0, 0.1) is 0 Å². The highest BCUT2D eigenvalue weighted by molar-refractivity contribution is 5.66. The maximum Gasteiger partial charge on any atom is 0.303 e. The molecule has 0 aliphatic carbocycles. The molecule has 1 aromatic rings. The molecule has 0 spiro atoms. The molecule has 1 rings (SSSR count). The Morgan fingerprint density at radius 1 is 0.800 bits per heavy atom. The molecule has 0 saturated carbocycles. The minimum Gasteiger partial charge on any atom is -0.508 e. The molecule has 0 aromatic heterocycles. The summed E-state index contributed by atoms with van der Waals surface area (Å²) in [6.45, 7) is 3.68. The van der Waals surface area contributed by atoms with Crippen molar-refractivity contribution in [3.63, 3.8) is 0 Å². The van der Waals surface area contributed by atoms with E-state index in [1.807, 2.05) is 13.8 Å². The molecule has 0 unspecified atom stereocenters. The first-order chi connectivity index (χ1) is 9.33. The van der Waals surface area contributed by atoms with Crippen molar-refractivity contribution >= 4 is 11.9 Å². The summed E-state index contributed by atoms with van der Waals surface area (Å²) in [7, 11) is 0. The summed E-state index contributed by atoms with van der Waals surface area (Å²) < 4.78 is 0. The Morgan fingerprint density at radius 2 is 1.05 bits per heavy atom. The van der Waals surface area contributed by atoms with Crippen molar-refractivity contribution in [2.24, 2.45) is 0 Å². The first kappa shape index (κ1) is 20.1. The quantitative estimate of drug-likeness (QED) is 0.633. The Bertz CT molecular complexity index is 335. The fourth-order valence-corrected chi connectivity index (χ4v) is 0.880. The van der Waals surface area contributed by atoms with E-state index < -0.39 is 11.9 Å². The van der Waals surface area contributed by atoms with E-state index >= 15 is 0 Å². The Hall–Kier alpha value is -2.24. The number of benzene rings is 1. The molecule has 6 nitrogen and oxygen atoms in total. The molecule has 4 N–H and O–H groups in total.